The van der Waals surface area contributed by atoms with Gasteiger partial charge in [-0.05, 0) is 58.7 Å². The molecule has 0 bridgehead atoms. The third kappa shape index (κ3) is 7.19. The Morgan fingerprint density at radius 2 is 1.49 bits per heavy atom. The van der Waals surface area contributed by atoms with Gasteiger partial charge in [0.15, 0.2) is 0 Å². The zero-order valence-electron chi connectivity index (χ0n) is 22.3. The third-order valence-corrected chi connectivity index (χ3v) is 6.77. The van der Waals surface area contributed by atoms with Crippen LogP contribution in [0.4, 0.5) is 0 Å². The molecule has 8 heteroatoms. The number of carbonyl (C=O) groups excluding carboxylic acids is 1. The molecular weight excluding hydrogens is 518 g/mol. The smallest absolute Gasteiger partial charge is 0.251 e. The number of aliphatic hydroxyl groups excluding tert-OH is 1. The van der Waals surface area contributed by atoms with Crippen molar-refractivity contribution < 1.29 is 19.7 Å². The van der Waals surface area contributed by atoms with E-state index in [1.807, 2.05) is 66.7 Å². The number of nitrogens with one attached hydrogen (secondary N) is 3. The second-order valence-electron chi connectivity index (χ2n) is 9.73. The normalized spacial score (nSPS) is 11.7. The summed E-state index contributed by atoms with van der Waals surface area (Å²) in [5.74, 6) is 0.614. The Labute approximate surface area is 237 Å². The first kappa shape index (κ1) is 27.6. The molecule has 0 saturated carbocycles. The van der Waals surface area contributed by atoms with Crippen LogP contribution in [-0.2, 0) is 19.7 Å². The van der Waals surface area contributed by atoms with Gasteiger partial charge < -0.3 is 30.6 Å². The van der Waals surface area contributed by atoms with Gasteiger partial charge in [0.2, 0.25) is 5.56 Å². The molecule has 0 radical (unpaired) electrons. The number of para-hydroxylation sites is 1. The number of rotatable bonds is 11. The molecule has 0 spiro atoms. The predicted octanol–water partition coefficient (Wildman–Crippen LogP) is 4.57. The van der Waals surface area contributed by atoms with Crippen molar-refractivity contribution in [2.24, 2.45) is 0 Å². The molecular formula is C33H31N3O5. The second kappa shape index (κ2) is 13.0. The number of H-pyrrole nitrogens is 1. The van der Waals surface area contributed by atoms with Crippen LogP contribution in [0, 0.1) is 0 Å². The Hall–Kier alpha value is -4.92. The number of aliphatic hydroxyl groups is 1. The lowest BCUT2D eigenvalue weighted by atomic mass is 10.0. The first-order valence-electron chi connectivity index (χ1n) is 13.3. The van der Waals surface area contributed by atoms with Crippen LogP contribution in [0.2, 0.25) is 0 Å². The summed E-state index contributed by atoms with van der Waals surface area (Å²) >= 11 is 0. The first-order valence-corrected chi connectivity index (χ1v) is 13.3. The van der Waals surface area contributed by atoms with Crippen molar-refractivity contribution in [3.05, 3.63) is 141 Å². The number of hydrogen-bond acceptors (Lipinski definition) is 6. The van der Waals surface area contributed by atoms with Gasteiger partial charge in [0.1, 0.15) is 18.1 Å². The van der Waals surface area contributed by atoms with Gasteiger partial charge in [0.05, 0.1) is 11.6 Å². The van der Waals surface area contributed by atoms with Gasteiger partial charge in [-0.1, -0.05) is 60.7 Å². The standard InChI is InChI=1S/C33H31N3O5/c37-29-16-14-27(28-15-17-31(39)36-32(28)29)30(38)20-34-18-22-6-8-23(9-7-22)19-35-33(40)25-12-10-24(11-13-25)21-41-26-4-2-1-3-5-26/h1-17,30,34,37-38H,18-21H2,(H,35,40)(H,36,39). The maximum atomic E-state index is 12.6. The fourth-order valence-corrected chi connectivity index (χ4v) is 4.51. The number of aromatic hydroxyl groups is 1. The van der Waals surface area contributed by atoms with Crippen LogP contribution >= 0.6 is 0 Å². The van der Waals surface area contributed by atoms with Crippen LogP contribution in [-0.4, -0.2) is 27.6 Å². The molecule has 41 heavy (non-hydrogen) atoms. The number of fused-ring (bicyclic) bond motifs is 1. The Bertz CT molecular complexity index is 1670. The fourth-order valence-electron chi connectivity index (χ4n) is 4.51. The second-order valence-corrected chi connectivity index (χ2v) is 9.73. The summed E-state index contributed by atoms with van der Waals surface area (Å²) in [6.07, 6.45) is -0.830. The highest BCUT2D eigenvalue weighted by Crippen LogP contribution is 2.28. The summed E-state index contributed by atoms with van der Waals surface area (Å²) in [5.41, 5.74) is 4.17. The van der Waals surface area contributed by atoms with Crippen LogP contribution in [0.15, 0.2) is 108 Å². The minimum absolute atomic E-state index is 0.0413. The van der Waals surface area contributed by atoms with Crippen LogP contribution in [0.1, 0.15) is 38.7 Å². The van der Waals surface area contributed by atoms with Gasteiger partial charge in [-0.2, -0.15) is 0 Å². The van der Waals surface area contributed by atoms with E-state index >= 15 is 0 Å². The quantitative estimate of drug-likeness (QED) is 0.165. The minimum Gasteiger partial charge on any atom is -0.506 e. The maximum Gasteiger partial charge on any atom is 0.251 e. The molecule has 1 heterocycles. The van der Waals surface area contributed by atoms with E-state index in [0.29, 0.717) is 41.7 Å². The SMILES string of the molecule is O=C(NCc1ccc(CNCC(O)c2ccc(O)c3[nH]c(=O)ccc23)cc1)c1ccc(COc2ccccc2)cc1. The number of carbonyl (C=O) groups is 1. The molecule has 8 nitrogen and oxygen atoms in total. The van der Waals surface area contributed by atoms with Crippen LogP contribution in [0.5, 0.6) is 11.5 Å². The van der Waals surface area contributed by atoms with Crippen molar-refractivity contribution in [1.29, 1.82) is 0 Å². The highest BCUT2D eigenvalue weighted by Gasteiger charge is 2.14. The third-order valence-electron chi connectivity index (χ3n) is 6.77. The number of phenolic OH excluding ortho intramolecular Hbond substituents is 1. The first-order chi connectivity index (χ1) is 20.0. The van der Waals surface area contributed by atoms with Gasteiger partial charge in [-0.3, -0.25) is 9.59 Å². The van der Waals surface area contributed by atoms with Gasteiger partial charge in [-0.25, -0.2) is 0 Å². The van der Waals surface area contributed by atoms with Gasteiger partial charge in [0, 0.05) is 36.7 Å². The average molecular weight is 550 g/mol. The molecule has 1 unspecified atom stereocenters. The monoisotopic (exact) mass is 549 g/mol. The molecule has 1 atom stereocenters. The Kier molecular flexibility index (Phi) is 8.73. The highest BCUT2D eigenvalue weighted by molar-refractivity contribution is 5.94. The summed E-state index contributed by atoms with van der Waals surface area (Å²) in [6.45, 7) is 1.66. The zero-order chi connectivity index (χ0) is 28.6. The number of aromatic nitrogens is 1. The molecule has 4 aromatic carbocycles. The average Bonchev–Trinajstić information content (AvgIpc) is 3.00. The molecule has 0 aliphatic carbocycles. The Morgan fingerprint density at radius 3 is 2.22 bits per heavy atom. The van der Waals surface area contributed by atoms with E-state index in [-0.39, 0.29) is 23.8 Å². The molecule has 5 rings (SSSR count). The van der Waals surface area contributed by atoms with Crippen molar-refractivity contribution in [3.8, 4) is 11.5 Å². The van der Waals surface area contributed by atoms with E-state index in [9.17, 15) is 19.8 Å². The fraction of sp³-hybridized carbons (Fsp3) is 0.152. The molecule has 5 aromatic rings. The number of aromatic amines is 1. The van der Waals surface area contributed by atoms with E-state index in [4.69, 9.17) is 4.74 Å². The summed E-state index contributed by atoms with van der Waals surface area (Å²) in [6, 6.07) is 30.9. The molecule has 1 amide bonds. The highest BCUT2D eigenvalue weighted by atomic mass is 16.5. The van der Waals surface area contributed by atoms with Crippen LogP contribution in [0.3, 0.4) is 0 Å². The van der Waals surface area contributed by atoms with E-state index < -0.39 is 6.10 Å². The van der Waals surface area contributed by atoms with E-state index in [0.717, 1.165) is 22.4 Å². The van der Waals surface area contributed by atoms with Crippen molar-refractivity contribution in [3.63, 3.8) is 0 Å². The summed E-state index contributed by atoms with van der Waals surface area (Å²) in [5, 5.41) is 27.6. The maximum absolute atomic E-state index is 12.6. The molecule has 0 aliphatic heterocycles. The zero-order valence-corrected chi connectivity index (χ0v) is 22.3. The van der Waals surface area contributed by atoms with E-state index in [1.54, 1.807) is 24.3 Å². The van der Waals surface area contributed by atoms with Crippen LogP contribution in [0.25, 0.3) is 10.9 Å². The van der Waals surface area contributed by atoms with Gasteiger partial charge in [0.25, 0.3) is 5.91 Å². The molecule has 0 saturated heterocycles. The number of amides is 1. The predicted molar refractivity (Wildman–Crippen MR) is 158 cm³/mol. The lowest BCUT2D eigenvalue weighted by Gasteiger charge is -2.15. The Balaban J connectivity index is 1.07. The molecule has 0 fully saturated rings. The topological polar surface area (TPSA) is 124 Å². The largest absolute Gasteiger partial charge is 0.506 e. The Morgan fingerprint density at radius 1 is 0.805 bits per heavy atom. The number of benzene rings is 4. The van der Waals surface area contributed by atoms with Crippen molar-refractivity contribution in [1.82, 2.24) is 15.6 Å². The number of phenols is 1. The van der Waals surface area contributed by atoms with Crippen molar-refractivity contribution >= 4 is 16.8 Å². The number of hydrogen-bond donors (Lipinski definition) is 5. The van der Waals surface area contributed by atoms with Crippen LogP contribution < -0.4 is 20.9 Å². The van der Waals surface area contributed by atoms with E-state index in [2.05, 4.69) is 15.6 Å². The van der Waals surface area contributed by atoms with Crippen molar-refractivity contribution in [2.45, 2.75) is 25.8 Å². The lowest BCUT2D eigenvalue weighted by molar-refractivity contribution is 0.0951. The number of ether oxygens (including phenoxy) is 1. The number of pyridine rings is 1. The summed E-state index contributed by atoms with van der Waals surface area (Å²) in [7, 11) is 0. The lowest BCUT2D eigenvalue weighted by Crippen LogP contribution is -2.23. The molecule has 1 aromatic heterocycles. The van der Waals surface area contributed by atoms with Gasteiger partial charge in [-0.15, -0.1) is 0 Å². The van der Waals surface area contributed by atoms with Gasteiger partial charge >= 0.3 is 0 Å². The molecule has 208 valence electrons. The van der Waals surface area contributed by atoms with Crippen molar-refractivity contribution in [2.75, 3.05) is 6.54 Å². The summed E-state index contributed by atoms with van der Waals surface area (Å²) < 4.78 is 5.75. The minimum atomic E-state index is -0.830. The van der Waals surface area contributed by atoms with E-state index in [1.165, 1.54) is 12.1 Å². The molecule has 5 N–H and O–H groups in total. The molecule has 0 aliphatic rings. The summed E-state index contributed by atoms with van der Waals surface area (Å²) in [4.78, 5) is 26.8.